The second-order valence-electron chi connectivity index (χ2n) is 4.39. The molecule has 2 N–H and O–H groups in total. The summed E-state index contributed by atoms with van der Waals surface area (Å²) in [6.45, 7) is 1.77. The molecule has 0 aliphatic carbocycles. The standard InChI is InChI=1S/C12H18BrN3O3S/c1-9(17)14-6-7-15-20(18,19)12-8-10(16(2)3)4-5-11(12)13/h4-5,8,15H,6-7H2,1-3H3,(H,14,17). The average molecular weight is 364 g/mol. The number of nitrogens with zero attached hydrogens (tertiary/aromatic N) is 1. The van der Waals surface area contributed by atoms with Gasteiger partial charge in [0.25, 0.3) is 0 Å². The zero-order chi connectivity index (χ0) is 15.3. The third-order valence-electron chi connectivity index (χ3n) is 2.51. The van der Waals surface area contributed by atoms with Crippen molar-refractivity contribution < 1.29 is 13.2 Å². The van der Waals surface area contributed by atoms with E-state index in [9.17, 15) is 13.2 Å². The second kappa shape index (κ2) is 7.05. The van der Waals surface area contributed by atoms with Gasteiger partial charge in [-0.1, -0.05) is 0 Å². The minimum absolute atomic E-state index is 0.139. The van der Waals surface area contributed by atoms with E-state index >= 15 is 0 Å². The van der Waals surface area contributed by atoms with Crippen molar-refractivity contribution in [2.24, 2.45) is 0 Å². The van der Waals surface area contributed by atoms with Crippen molar-refractivity contribution in [2.45, 2.75) is 11.8 Å². The normalized spacial score (nSPS) is 11.2. The summed E-state index contributed by atoms with van der Waals surface area (Å²) in [5, 5.41) is 2.53. The highest BCUT2D eigenvalue weighted by Gasteiger charge is 2.18. The van der Waals surface area contributed by atoms with E-state index in [0.717, 1.165) is 5.69 Å². The molecule has 0 fully saturated rings. The molecule has 0 aliphatic rings. The Bertz CT molecular complexity index is 588. The maximum Gasteiger partial charge on any atom is 0.241 e. The lowest BCUT2D eigenvalue weighted by Gasteiger charge is -2.15. The van der Waals surface area contributed by atoms with Crippen LogP contribution in [-0.4, -0.2) is 41.5 Å². The van der Waals surface area contributed by atoms with Gasteiger partial charge in [0.05, 0.1) is 4.90 Å². The summed E-state index contributed by atoms with van der Waals surface area (Å²) in [7, 11) is 0.0545. The van der Waals surface area contributed by atoms with Crippen LogP contribution in [0, 0.1) is 0 Å². The van der Waals surface area contributed by atoms with E-state index in [0.29, 0.717) is 4.47 Å². The molecule has 0 saturated heterocycles. The molecule has 1 aromatic rings. The van der Waals surface area contributed by atoms with E-state index in [4.69, 9.17) is 0 Å². The van der Waals surface area contributed by atoms with Gasteiger partial charge in [0.1, 0.15) is 0 Å². The molecule has 112 valence electrons. The maximum absolute atomic E-state index is 12.2. The number of hydrogen-bond acceptors (Lipinski definition) is 4. The number of anilines is 1. The first-order valence-corrected chi connectivity index (χ1v) is 8.22. The fourth-order valence-electron chi connectivity index (χ4n) is 1.48. The van der Waals surface area contributed by atoms with Gasteiger partial charge in [-0.3, -0.25) is 4.79 Å². The third kappa shape index (κ3) is 4.77. The molecule has 6 nitrogen and oxygen atoms in total. The quantitative estimate of drug-likeness (QED) is 0.737. The maximum atomic E-state index is 12.2. The molecule has 0 spiro atoms. The lowest BCUT2D eigenvalue weighted by molar-refractivity contribution is -0.118. The van der Waals surface area contributed by atoms with Gasteiger partial charge in [0, 0.05) is 44.3 Å². The highest BCUT2D eigenvalue weighted by atomic mass is 79.9. The van der Waals surface area contributed by atoms with E-state index in [1.807, 2.05) is 25.1 Å². The molecule has 1 aromatic carbocycles. The van der Waals surface area contributed by atoms with Crippen LogP contribution in [0.4, 0.5) is 5.69 Å². The van der Waals surface area contributed by atoms with Crippen molar-refractivity contribution >= 4 is 37.5 Å². The number of carbonyl (C=O) groups is 1. The van der Waals surface area contributed by atoms with Crippen LogP contribution in [-0.2, 0) is 14.8 Å². The molecule has 1 amide bonds. The van der Waals surface area contributed by atoms with E-state index < -0.39 is 10.0 Å². The molecule has 1 rings (SSSR count). The summed E-state index contributed by atoms with van der Waals surface area (Å²) in [5.74, 6) is -0.194. The number of sulfonamides is 1. The SMILES string of the molecule is CC(=O)NCCNS(=O)(=O)c1cc(N(C)C)ccc1Br. The lowest BCUT2D eigenvalue weighted by atomic mass is 10.3. The van der Waals surface area contributed by atoms with Crippen molar-refractivity contribution in [3.8, 4) is 0 Å². The lowest BCUT2D eigenvalue weighted by Crippen LogP contribution is -2.33. The molecule has 0 atom stereocenters. The number of benzene rings is 1. The van der Waals surface area contributed by atoms with Crippen molar-refractivity contribution in [3.63, 3.8) is 0 Å². The number of rotatable bonds is 6. The van der Waals surface area contributed by atoms with E-state index in [-0.39, 0.29) is 23.9 Å². The summed E-state index contributed by atoms with van der Waals surface area (Å²) in [6, 6.07) is 5.10. The molecule has 0 saturated carbocycles. The molecule has 0 bridgehead atoms. The molecule has 0 unspecified atom stereocenters. The molecular weight excluding hydrogens is 346 g/mol. The van der Waals surface area contributed by atoms with Crippen molar-refractivity contribution in [3.05, 3.63) is 22.7 Å². The molecule has 0 aliphatic heterocycles. The zero-order valence-corrected chi connectivity index (χ0v) is 14.0. The number of halogens is 1. The topological polar surface area (TPSA) is 78.5 Å². The molecule has 0 aromatic heterocycles. The van der Waals surface area contributed by atoms with Crippen molar-refractivity contribution in [2.75, 3.05) is 32.1 Å². The fourth-order valence-corrected chi connectivity index (χ4v) is 3.49. The van der Waals surface area contributed by atoms with Gasteiger partial charge in [-0.2, -0.15) is 0 Å². The average Bonchev–Trinajstić information content (AvgIpc) is 2.34. The van der Waals surface area contributed by atoms with E-state index in [1.54, 1.807) is 12.1 Å². The van der Waals surface area contributed by atoms with Crippen LogP contribution in [0.1, 0.15) is 6.92 Å². The Hall–Kier alpha value is -1.12. The Morgan fingerprint density at radius 2 is 1.95 bits per heavy atom. The predicted molar refractivity (Wildman–Crippen MR) is 82.3 cm³/mol. The van der Waals surface area contributed by atoms with Crippen molar-refractivity contribution in [1.82, 2.24) is 10.0 Å². The van der Waals surface area contributed by atoms with Crippen LogP contribution >= 0.6 is 15.9 Å². The van der Waals surface area contributed by atoms with Gasteiger partial charge < -0.3 is 10.2 Å². The Labute approximate surface area is 127 Å². The van der Waals surface area contributed by atoms with Crippen LogP contribution in [0.3, 0.4) is 0 Å². The first-order valence-electron chi connectivity index (χ1n) is 5.95. The van der Waals surface area contributed by atoms with Crippen molar-refractivity contribution in [1.29, 1.82) is 0 Å². The first kappa shape index (κ1) is 16.9. The van der Waals surface area contributed by atoms with Gasteiger partial charge >= 0.3 is 0 Å². The Balaban J connectivity index is 2.86. The summed E-state index contributed by atoms with van der Waals surface area (Å²) in [5.41, 5.74) is 0.787. The number of amides is 1. The minimum atomic E-state index is -3.62. The summed E-state index contributed by atoms with van der Waals surface area (Å²) in [6.07, 6.45) is 0. The van der Waals surface area contributed by atoms with Gasteiger partial charge in [-0.15, -0.1) is 0 Å². The Morgan fingerprint density at radius 1 is 1.30 bits per heavy atom. The molecule has 0 radical (unpaired) electrons. The van der Waals surface area contributed by atoms with Crippen LogP contribution in [0.2, 0.25) is 0 Å². The summed E-state index contributed by atoms with van der Waals surface area (Å²) in [4.78, 5) is 12.7. The Morgan fingerprint density at radius 3 is 2.50 bits per heavy atom. The van der Waals surface area contributed by atoms with Gasteiger partial charge in [-0.05, 0) is 34.1 Å². The first-order chi connectivity index (χ1) is 9.24. The van der Waals surface area contributed by atoms with Crippen LogP contribution in [0.15, 0.2) is 27.6 Å². The number of carbonyl (C=O) groups excluding carboxylic acids is 1. The zero-order valence-electron chi connectivity index (χ0n) is 11.6. The highest BCUT2D eigenvalue weighted by molar-refractivity contribution is 9.10. The molecule has 20 heavy (non-hydrogen) atoms. The fraction of sp³-hybridized carbons (Fsp3) is 0.417. The smallest absolute Gasteiger partial charge is 0.241 e. The van der Waals surface area contributed by atoms with Gasteiger partial charge in [-0.25, -0.2) is 13.1 Å². The van der Waals surface area contributed by atoms with Gasteiger partial charge in [0.15, 0.2) is 0 Å². The van der Waals surface area contributed by atoms with Gasteiger partial charge in [0.2, 0.25) is 15.9 Å². The monoisotopic (exact) mass is 363 g/mol. The third-order valence-corrected chi connectivity index (χ3v) is 4.97. The summed E-state index contributed by atoms with van der Waals surface area (Å²) >= 11 is 3.24. The number of hydrogen-bond donors (Lipinski definition) is 2. The largest absolute Gasteiger partial charge is 0.378 e. The highest BCUT2D eigenvalue weighted by Crippen LogP contribution is 2.26. The van der Waals surface area contributed by atoms with Crippen LogP contribution in [0.25, 0.3) is 0 Å². The predicted octanol–water partition coefficient (Wildman–Crippen LogP) is 0.930. The van der Waals surface area contributed by atoms with E-state index in [1.165, 1.54) is 6.92 Å². The Kier molecular flexibility index (Phi) is 5.97. The molecule has 0 heterocycles. The van der Waals surface area contributed by atoms with Crippen LogP contribution in [0.5, 0.6) is 0 Å². The number of nitrogens with one attached hydrogen (secondary N) is 2. The summed E-state index contributed by atoms with van der Waals surface area (Å²) < 4.78 is 27.3. The molecule has 8 heteroatoms. The minimum Gasteiger partial charge on any atom is -0.378 e. The van der Waals surface area contributed by atoms with Crippen LogP contribution < -0.4 is 14.9 Å². The molecular formula is C12H18BrN3O3S. The van der Waals surface area contributed by atoms with E-state index in [2.05, 4.69) is 26.0 Å². The second-order valence-corrected chi connectivity index (χ2v) is 6.98.